The minimum Gasteiger partial charge on any atom is -0.355 e. The second-order valence-corrected chi connectivity index (χ2v) is 7.71. The Morgan fingerprint density at radius 1 is 1.38 bits per heavy atom. The molecule has 2 aromatic rings. The molecule has 1 aliphatic carbocycles. The molecule has 114 valence electrons. The van der Waals surface area contributed by atoms with E-state index in [1.807, 2.05) is 11.3 Å². The molecule has 0 amide bonds. The van der Waals surface area contributed by atoms with Crippen LogP contribution in [0.3, 0.4) is 0 Å². The summed E-state index contributed by atoms with van der Waals surface area (Å²) in [6.07, 6.45) is 7.48. The molecule has 0 bridgehead atoms. The van der Waals surface area contributed by atoms with E-state index in [2.05, 4.69) is 54.4 Å². The van der Waals surface area contributed by atoms with Crippen LogP contribution in [-0.4, -0.2) is 16.1 Å². The Morgan fingerprint density at radius 2 is 2.14 bits per heavy atom. The van der Waals surface area contributed by atoms with Crippen molar-refractivity contribution in [3.05, 3.63) is 34.3 Å². The molecule has 3 nitrogen and oxygen atoms in total. The fourth-order valence-corrected chi connectivity index (χ4v) is 4.01. The summed E-state index contributed by atoms with van der Waals surface area (Å²) in [6.45, 7) is 7.58. The van der Waals surface area contributed by atoms with E-state index < -0.39 is 0 Å². The van der Waals surface area contributed by atoms with Gasteiger partial charge < -0.3 is 9.88 Å². The largest absolute Gasteiger partial charge is 0.355 e. The SMILES string of the molecule is Cc1cn(C2CCCC2)c(NCC(C)(C)c2cccs2)n1. The number of anilines is 1. The van der Waals surface area contributed by atoms with Gasteiger partial charge in [0, 0.05) is 29.1 Å². The molecule has 0 radical (unpaired) electrons. The molecule has 0 atom stereocenters. The summed E-state index contributed by atoms with van der Waals surface area (Å²) < 4.78 is 2.37. The van der Waals surface area contributed by atoms with Gasteiger partial charge in [0.2, 0.25) is 5.95 Å². The van der Waals surface area contributed by atoms with Crippen LogP contribution in [0.1, 0.15) is 56.1 Å². The Bertz CT molecular complexity index is 577. The lowest BCUT2D eigenvalue weighted by Crippen LogP contribution is -2.28. The molecule has 21 heavy (non-hydrogen) atoms. The van der Waals surface area contributed by atoms with Crippen LogP contribution in [0.5, 0.6) is 0 Å². The van der Waals surface area contributed by atoms with E-state index >= 15 is 0 Å². The van der Waals surface area contributed by atoms with E-state index in [1.54, 1.807) is 0 Å². The molecule has 3 rings (SSSR count). The van der Waals surface area contributed by atoms with Gasteiger partial charge in [-0.25, -0.2) is 4.98 Å². The van der Waals surface area contributed by atoms with Gasteiger partial charge in [-0.15, -0.1) is 11.3 Å². The van der Waals surface area contributed by atoms with Gasteiger partial charge in [-0.2, -0.15) is 0 Å². The van der Waals surface area contributed by atoms with Crippen molar-refractivity contribution in [2.45, 2.75) is 57.9 Å². The van der Waals surface area contributed by atoms with E-state index in [0.717, 1.165) is 18.2 Å². The van der Waals surface area contributed by atoms with Crippen LogP contribution in [0.25, 0.3) is 0 Å². The monoisotopic (exact) mass is 303 g/mol. The number of hydrogen-bond acceptors (Lipinski definition) is 3. The molecule has 0 saturated heterocycles. The van der Waals surface area contributed by atoms with Gasteiger partial charge in [0.05, 0.1) is 5.69 Å². The summed E-state index contributed by atoms with van der Waals surface area (Å²) in [4.78, 5) is 6.12. The van der Waals surface area contributed by atoms with Crippen molar-refractivity contribution >= 4 is 17.3 Å². The fraction of sp³-hybridized carbons (Fsp3) is 0.588. The number of nitrogens with one attached hydrogen (secondary N) is 1. The Morgan fingerprint density at radius 3 is 2.81 bits per heavy atom. The third-order valence-corrected chi connectivity index (χ3v) is 5.68. The number of aryl methyl sites for hydroxylation is 1. The summed E-state index contributed by atoms with van der Waals surface area (Å²) in [5.41, 5.74) is 1.24. The highest BCUT2D eigenvalue weighted by atomic mass is 32.1. The standard InChI is InChI=1S/C17H25N3S/c1-13-11-20(14-7-4-5-8-14)16(19-13)18-12-17(2,3)15-9-6-10-21-15/h6,9-11,14H,4-5,7-8,12H2,1-3H3,(H,18,19). The first-order chi connectivity index (χ1) is 10.1. The van der Waals surface area contributed by atoms with Crippen LogP contribution >= 0.6 is 11.3 Å². The van der Waals surface area contributed by atoms with Crippen LogP contribution in [0.4, 0.5) is 5.95 Å². The van der Waals surface area contributed by atoms with Crippen molar-refractivity contribution in [1.29, 1.82) is 0 Å². The molecule has 0 spiro atoms. The van der Waals surface area contributed by atoms with Crippen molar-refractivity contribution in [3.63, 3.8) is 0 Å². The van der Waals surface area contributed by atoms with Crippen molar-refractivity contribution < 1.29 is 0 Å². The number of imidazole rings is 1. The van der Waals surface area contributed by atoms with Gasteiger partial charge in [-0.05, 0) is 31.2 Å². The van der Waals surface area contributed by atoms with Gasteiger partial charge in [0.15, 0.2) is 0 Å². The molecular formula is C17H25N3S. The maximum atomic E-state index is 4.69. The van der Waals surface area contributed by atoms with Crippen LogP contribution in [-0.2, 0) is 5.41 Å². The third kappa shape index (κ3) is 3.15. The molecule has 0 unspecified atom stereocenters. The van der Waals surface area contributed by atoms with E-state index in [-0.39, 0.29) is 5.41 Å². The van der Waals surface area contributed by atoms with Crippen LogP contribution < -0.4 is 5.32 Å². The predicted octanol–water partition coefficient (Wildman–Crippen LogP) is 4.76. The topological polar surface area (TPSA) is 29.9 Å². The Labute approximate surface area is 131 Å². The van der Waals surface area contributed by atoms with Crippen molar-refractivity contribution in [1.82, 2.24) is 9.55 Å². The highest BCUT2D eigenvalue weighted by molar-refractivity contribution is 7.10. The summed E-state index contributed by atoms with van der Waals surface area (Å²) >= 11 is 1.83. The second kappa shape index (κ2) is 5.84. The van der Waals surface area contributed by atoms with E-state index in [9.17, 15) is 0 Å². The van der Waals surface area contributed by atoms with Crippen molar-refractivity contribution in [2.24, 2.45) is 0 Å². The molecule has 1 N–H and O–H groups in total. The van der Waals surface area contributed by atoms with Crippen molar-refractivity contribution in [3.8, 4) is 0 Å². The molecule has 2 aromatic heterocycles. The smallest absolute Gasteiger partial charge is 0.203 e. The quantitative estimate of drug-likeness (QED) is 0.863. The molecule has 1 fully saturated rings. The van der Waals surface area contributed by atoms with E-state index in [4.69, 9.17) is 4.98 Å². The zero-order chi connectivity index (χ0) is 14.9. The number of hydrogen-bond donors (Lipinski definition) is 1. The maximum absolute atomic E-state index is 4.69. The minimum absolute atomic E-state index is 0.133. The average molecular weight is 303 g/mol. The van der Waals surface area contributed by atoms with Crippen LogP contribution in [0, 0.1) is 6.92 Å². The normalized spacial score (nSPS) is 16.5. The van der Waals surface area contributed by atoms with Crippen LogP contribution in [0.15, 0.2) is 23.7 Å². The first-order valence-electron chi connectivity index (χ1n) is 7.89. The molecular weight excluding hydrogens is 278 g/mol. The zero-order valence-electron chi connectivity index (χ0n) is 13.2. The summed E-state index contributed by atoms with van der Waals surface area (Å²) in [5.74, 6) is 1.05. The third-order valence-electron chi connectivity index (χ3n) is 4.45. The first kappa shape index (κ1) is 14.6. The van der Waals surface area contributed by atoms with Gasteiger partial charge >= 0.3 is 0 Å². The Hall–Kier alpha value is -1.29. The Balaban J connectivity index is 1.73. The number of nitrogens with zero attached hydrogens (tertiary/aromatic N) is 2. The molecule has 1 aliphatic rings. The summed E-state index contributed by atoms with van der Waals surface area (Å²) in [5, 5.41) is 5.75. The highest BCUT2D eigenvalue weighted by Crippen LogP contribution is 2.33. The minimum atomic E-state index is 0.133. The molecule has 0 aliphatic heterocycles. The first-order valence-corrected chi connectivity index (χ1v) is 8.77. The molecule has 0 aromatic carbocycles. The van der Waals surface area contributed by atoms with Crippen LogP contribution in [0.2, 0.25) is 0 Å². The number of rotatable bonds is 5. The molecule has 1 saturated carbocycles. The lowest BCUT2D eigenvalue weighted by Gasteiger charge is -2.25. The highest BCUT2D eigenvalue weighted by Gasteiger charge is 2.24. The van der Waals surface area contributed by atoms with Crippen molar-refractivity contribution in [2.75, 3.05) is 11.9 Å². The number of thiophene rings is 1. The summed E-state index contributed by atoms with van der Waals surface area (Å²) in [7, 11) is 0. The zero-order valence-corrected chi connectivity index (χ0v) is 14.0. The summed E-state index contributed by atoms with van der Waals surface area (Å²) in [6, 6.07) is 4.99. The van der Waals surface area contributed by atoms with Gasteiger partial charge in [0.25, 0.3) is 0 Å². The van der Waals surface area contributed by atoms with Gasteiger partial charge in [-0.1, -0.05) is 32.8 Å². The van der Waals surface area contributed by atoms with Gasteiger partial charge in [-0.3, -0.25) is 0 Å². The molecule has 2 heterocycles. The van der Waals surface area contributed by atoms with Gasteiger partial charge in [0.1, 0.15) is 0 Å². The second-order valence-electron chi connectivity index (χ2n) is 6.77. The lowest BCUT2D eigenvalue weighted by molar-refractivity contribution is 0.514. The van der Waals surface area contributed by atoms with E-state index in [0.29, 0.717) is 6.04 Å². The lowest BCUT2D eigenvalue weighted by atomic mass is 9.91. The predicted molar refractivity (Wildman–Crippen MR) is 90.3 cm³/mol. The molecule has 4 heteroatoms. The Kier molecular flexibility index (Phi) is 4.07. The number of aromatic nitrogens is 2. The average Bonchev–Trinajstić information content (AvgIpc) is 3.18. The van der Waals surface area contributed by atoms with E-state index in [1.165, 1.54) is 30.6 Å². The fourth-order valence-electron chi connectivity index (χ4n) is 3.16. The maximum Gasteiger partial charge on any atom is 0.203 e.